The van der Waals surface area contributed by atoms with E-state index in [1.165, 1.54) is 4.90 Å². The van der Waals surface area contributed by atoms with Gasteiger partial charge in [0.15, 0.2) is 6.19 Å². The number of aliphatic imine (C=N–C) groups is 1. The van der Waals surface area contributed by atoms with Gasteiger partial charge in [0.1, 0.15) is 23.5 Å². The Morgan fingerprint density at radius 3 is 2.74 bits per heavy atom. The van der Waals surface area contributed by atoms with Gasteiger partial charge in [-0.25, -0.2) is 9.89 Å². The Balaban J connectivity index is 2.55. The van der Waals surface area contributed by atoms with Crippen molar-refractivity contribution in [1.82, 2.24) is 4.90 Å². The Kier molecular flexibility index (Phi) is 4.44. The molecule has 0 amide bonds. The molecule has 0 spiro atoms. The maximum absolute atomic E-state index is 10.6. The summed E-state index contributed by atoms with van der Waals surface area (Å²) in [5.41, 5.74) is 6.02. The van der Waals surface area contributed by atoms with Crippen LogP contribution >= 0.6 is 0 Å². The lowest BCUT2D eigenvalue weighted by atomic mass is 9.86. The third-order valence-electron chi connectivity index (χ3n) is 3.83. The van der Waals surface area contributed by atoms with Gasteiger partial charge in [-0.15, -0.1) is 0 Å². The van der Waals surface area contributed by atoms with Crippen LogP contribution in [0.15, 0.2) is 23.2 Å². The van der Waals surface area contributed by atoms with Crippen molar-refractivity contribution in [2.24, 2.45) is 10.7 Å². The van der Waals surface area contributed by atoms with E-state index in [0.717, 1.165) is 0 Å². The number of nitriles is 2. The third kappa shape index (κ3) is 3.05. The first-order valence-corrected chi connectivity index (χ1v) is 7.25. The van der Waals surface area contributed by atoms with Gasteiger partial charge in [0.05, 0.1) is 11.6 Å². The average molecular weight is 313 g/mol. The lowest BCUT2D eigenvalue weighted by Crippen LogP contribution is -2.49. The van der Waals surface area contributed by atoms with Gasteiger partial charge in [-0.3, -0.25) is 0 Å². The second-order valence-corrected chi connectivity index (χ2v) is 5.79. The summed E-state index contributed by atoms with van der Waals surface area (Å²) in [6, 6.07) is 6.28. The zero-order valence-electron chi connectivity index (χ0n) is 13.3. The quantitative estimate of drug-likeness (QED) is 0.367. The molecule has 1 aliphatic heterocycles. The molecule has 0 saturated carbocycles. The first-order chi connectivity index (χ1) is 10.8. The molecule has 1 aliphatic rings. The van der Waals surface area contributed by atoms with Crippen molar-refractivity contribution in [2.75, 3.05) is 6.54 Å². The topological polar surface area (TPSA) is 119 Å². The van der Waals surface area contributed by atoms with Crippen molar-refractivity contribution in [3.05, 3.63) is 29.3 Å². The van der Waals surface area contributed by atoms with E-state index in [2.05, 4.69) is 11.1 Å². The number of nitrogens with two attached hydrogens (primary N) is 1. The SMILES string of the molecule is CCN(C#N)C(N)=N[C@@H]1c2cc(C#N)ccc2OC(C)(C)[C@H]1O. The molecule has 1 aromatic rings. The predicted octanol–water partition coefficient (Wildman–Crippen LogP) is 1.25. The number of fused-ring (bicyclic) bond motifs is 1. The van der Waals surface area contributed by atoms with Crippen LogP contribution in [-0.2, 0) is 0 Å². The van der Waals surface area contributed by atoms with E-state index in [9.17, 15) is 5.11 Å². The number of rotatable bonds is 2. The van der Waals surface area contributed by atoms with Gasteiger partial charge in [-0.1, -0.05) is 0 Å². The molecule has 0 saturated heterocycles. The van der Waals surface area contributed by atoms with Crippen LogP contribution in [0, 0.1) is 22.8 Å². The van der Waals surface area contributed by atoms with Crippen LogP contribution in [0.2, 0.25) is 0 Å². The summed E-state index contributed by atoms with van der Waals surface area (Å²) in [6.07, 6.45) is 0.963. The smallest absolute Gasteiger partial charge is 0.205 e. The largest absolute Gasteiger partial charge is 0.485 e. The van der Waals surface area contributed by atoms with Crippen molar-refractivity contribution in [3.8, 4) is 18.0 Å². The van der Waals surface area contributed by atoms with Crippen LogP contribution in [-0.4, -0.2) is 34.2 Å². The minimum atomic E-state index is -0.972. The van der Waals surface area contributed by atoms with Crippen molar-refractivity contribution >= 4 is 5.96 Å². The fourth-order valence-corrected chi connectivity index (χ4v) is 2.47. The van der Waals surface area contributed by atoms with E-state index in [1.807, 2.05) is 6.19 Å². The zero-order valence-corrected chi connectivity index (χ0v) is 13.3. The highest BCUT2D eigenvalue weighted by atomic mass is 16.5. The minimum Gasteiger partial charge on any atom is -0.485 e. The highest BCUT2D eigenvalue weighted by molar-refractivity contribution is 5.80. The van der Waals surface area contributed by atoms with Crippen molar-refractivity contribution in [2.45, 2.75) is 38.5 Å². The van der Waals surface area contributed by atoms with E-state index in [4.69, 9.17) is 21.0 Å². The van der Waals surface area contributed by atoms with Crippen molar-refractivity contribution < 1.29 is 9.84 Å². The summed E-state index contributed by atoms with van der Waals surface area (Å²) in [5.74, 6) is 0.561. The number of benzene rings is 1. The monoisotopic (exact) mass is 313 g/mol. The molecule has 3 N–H and O–H groups in total. The lowest BCUT2D eigenvalue weighted by molar-refractivity contribution is -0.0568. The van der Waals surface area contributed by atoms with E-state index < -0.39 is 17.7 Å². The fourth-order valence-electron chi connectivity index (χ4n) is 2.47. The Bertz CT molecular complexity index is 714. The first-order valence-electron chi connectivity index (χ1n) is 7.25. The third-order valence-corrected chi connectivity index (χ3v) is 3.83. The summed E-state index contributed by atoms with van der Waals surface area (Å²) in [6.45, 7) is 5.65. The molecule has 120 valence electrons. The molecule has 23 heavy (non-hydrogen) atoms. The Hall–Kier alpha value is -2.77. The van der Waals surface area contributed by atoms with Gasteiger partial charge in [-0.2, -0.15) is 10.5 Å². The molecule has 0 aliphatic carbocycles. The first kappa shape index (κ1) is 16.6. The maximum Gasteiger partial charge on any atom is 0.205 e. The van der Waals surface area contributed by atoms with Crippen LogP contribution in [0.1, 0.15) is 37.9 Å². The number of ether oxygens (including phenoxy) is 1. The number of nitrogens with zero attached hydrogens (tertiary/aromatic N) is 4. The Labute approximate surface area is 135 Å². The highest BCUT2D eigenvalue weighted by Gasteiger charge is 2.43. The molecule has 1 aromatic carbocycles. The second-order valence-electron chi connectivity index (χ2n) is 5.79. The number of aliphatic hydroxyl groups is 1. The Morgan fingerprint density at radius 1 is 1.48 bits per heavy atom. The fraction of sp³-hybridized carbons (Fsp3) is 0.438. The highest BCUT2D eigenvalue weighted by Crippen LogP contribution is 2.42. The molecule has 7 nitrogen and oxygen atoms in total. The molecule has 7 heteroatoms. The predicted molar refractivity (Wildman–Crippen MR) is 84.2 cm³/mol. The molecule has 0 radical (unpaired) electrons. The van der Waals surface area contributed by atoms with Crippen LogP contribution in [0.5, 0.6) is 5.75 Å². The second kappa shape index (κ2) is 6.15. The van der Waals surface area contributed by atoms with Gasteiger partial charge < -0.3 is 15.6 Å². The van der Waals surface area contributed by atoms with Gasteiger partial charge in [0.25, 0.3) is 0 Å². The van der Waals surface area contributed by atoms with Crippen molar-refractivity contribution in [1.29, 1.82) is 10.5 Å². The van der Waals surface area contributed by atoms with Gasteiger partial charge in [-0.05, 0) is 39.0 Å². The average Bonchev–Trinajstić information content (AvgIpc) is 2.52. The zero-order chi connectivity index (χ0) is 17.2. The number of aliphatic hydroxyl groups excluding tert-OH is 1. The minimum absolute atomic E-state index is 0.0186. The standard InChI is InChI=1S/C16H19N5O2/c1-4-21(9-18)15(19)20-13-11-7-10(8-17)5-6-12(11)23-16(2,3)14(13)22/h5-7,13-14,22H,4H2,1-3H3,(H2,19,20)/t13-,14+/m1/s1. The molecule has 0 bridgehead atoms. The summed E-state index contributed by atoms with van der Waals surface area (Å²) >= 11 is 0. The van der Waals surface area contributed by atoms with E-state index >= 15 is 0 Å². The van der Waals surface area contributed by atoms with Crippen LogP contribution in [0.3, 0.4) is 0 Å². The van der Waals surface area contributed by atoms with Crippen molar-refractivity contribution in [3.63, 3.8) is 0 Å². The Morgan fingerprint density at radius 2 is 2.17 bits per heavy atom. The number of hydrogen-bond donors (Lipinski definition) is 2. The number of hydrogen-bond acceptors (Lipinski definition) is 5. The van der Waals surface area contributed by atoms with Gasteiger partial charge in [0, 0.05) is 12.1 Å². The molecular formula is C16H19N5O2. The molecular weight excluding hydrogens is 294 g/mol. The van der Waals surface area contributed by atoms with Gasteiger partial charge >= 0.3 is 0 Å². The summed E-state index contributed by atoms with van der Waals surface area (Å²) in [4.78, 5) is 5.56. The lowest BCUT2D eigenvalue weighted by Gasteiger charge is -2.40. The van der Waals surface area contributed by atoms with Gasteiger partial charge in [0.2, 0.25) is 5.96 Å². The van der Waals surface area contributed by atoms with E-state index in [-0.39, 0.29) is 5.96 Å². The normalized spacial score (nSPS) is 22.3. The van der Waals surface area contributed by atoms with Crippen LogP contribution < -0.4 is 10.5 Å². The molecule has 0 aromatic heterocycles. The van der Waals surface area contributed by atoms with E-state index in [1.54, 1.807) is 39.0 Å². The summed E-state index contributed by atoms with van der Waals surface area (Å²) in [7, 11) is 0. The van der Waals surface area contributed by atoms with Crippen LogP contribution in [0.4, 0.5) is 0 Å². The van der Waals surface area contributed by atoms with E-state index in [0.29, 0.717) is 23.4 Å². The molecule has 1 heterocycles. The molecule has 0 fully saturated rings. The molecule has 2 atom stereocenters. The number of guanidine groups is 1. The summed E-state index contributed by atoms with van der Waals surface area (Å²) < 4.78 is 5.81. The molecule has 2 rings (SSSR count). The van der Waals surface area contributed by atoms with Crippen LogP contribution in [0.25, 0.3) is 0 Å². The summed E-state index contributed by atoms with van der Waals surface area (Å²) in [5, 5.41) is 28.7. The molecule has 0 unspecified atom stereocenters. The maximum atomic E-state index is 10.6.